The molecule has 0 saturated heterocycles. The first-order valence-electron chi connectivity index (χ1n) is 9.23. The molecule has 5 nitrogen and oxygen atoms in total. The first-order valence-corrected chi connectivity index (χ1v) is 10.9. The lowest BCUT2D eigenvalue weighted by atomic mass is 9.86. The molecule has 1 amide bonds. The molecule has 0 bridgehead atoms. The molecule has 3 rings (SSSR count). The Bertz CT molecular complexity index is 1010. The Hall–Kier alpha value is -2.96. The normalized spacial score (nSPS) is 12.5. The largest absolute Gasteiger partial charge is 0.382 e. The van der Waals surface area contributed by atoms with Crippen molar-refractivity contribution in [2.45, 2.75) is 23.8 Å². The second-order valence-electron chi connectivity index (χ2n) is 6.86. The number of nitrogens with one attached hydrogen (secondary N) is 1. The van der Waals surface area contributed by atoms with E-state index >= 15 is 0 Å². The first-order chi connectivity index (χ1) is 13.9. The Balaban J connectivity index is 1.78. The third-order valence-corrected chi connectivity index (χ3v) is 6.23. The van der Waals surface area contributed by atoms with E-state index in [9.17, 15) is 18.3 Å². The number of aliphatic hydroxyl groups excluding tert-OH is 1. The van der Waals surface area contributed by atoms with Gasteiger partial charge in [0.1, 0.15) is 12.0 Å². The van der Waals surface area contributed by atoms with Crippen molar-refractivity contribution in [2.75, 3.05) is 5.88 Å². The third kappa shape index (κ3) is 5.10. The van der Waals surface area contributed by atoms with Crippen molar-refractivity contribution in [2.24, 2.45) is 0 Å². The van der Waals surface area contributed by atoms with E-state index in [0.717, 1.165) is 16.7 Å². The van der Waals surface area contributed by atoms with E-state index in [1.54, 1.807) is 12.1 Å². The Kier molecular flexibility index (Phi) is 6.46. The van der Waals surface area contributed by atoms with E-state index in [1.165, 1.54) is 12.1 Å². The van der Waals surface area contributed by atoms with Crippen LogP contribution < -0.4 is 5.32 Å². The fourth-order valence-electron chi connectivity index (χ4n) is 3.13. The van der Waals surface area contributed by atoms with Crippen LogP contribution >= 0.6 is 0 Å². The molecule has 0 saturated carbocycles. The highest BCUT2D eigenvalue weighted by Crippen LogP contribution is 2.28. The van der Waals surface area contributed by atoms with Crippen LogP contribution in [0, 0.1) is 6.92 Å². The van der Waals surface area contributed by atoms with Crippen molar-refractivity contribution in [1.29, 1.82) is 0 Å². The summed E-state index contributed by atoms with van der Waals surface area (Å²) in [4.78, 5) is 12.8. The van der Waals surface area contributed by atoms with Crippen molar-refractivity contribution in [3.8, 4) is 0 Å². The van der Waals surface area contributed by atoms with Crippen LogP contribution in [0.15, 0.2) is 89.8 Å². The highest BCUT2D eigenvalue weighted by Gasteiger charge is 2.29. The molecule has 6 heteroatoms. The highest BCUT2D eigenvalue weighted by molar-refractivity contribution is 7.91. The lowest BCUT2D eigenvalue weighted by Gasteiger charge is -2.23. The van der Waals surface area contributed by atoms with Crippen LogP contribution in [0.1, 0.15) is 22.6 Å². The summed E-state index contributed by atoms with van der Waals surface area (Å²) in [6.45, 7) is 1.86. The first kappa shape index (κ1) is 20.8. The number of benzene rings is 3. The maximum atomic E-state index is 12.6. The Labute approximate surface area is 171 Å². The number of aryl methyl sites for hydroxylation is 1. The molecule has 0 aliphatic heterocycles. The summed E-state index contributed by atoms with van der Waals surface area (Å²) in [5, 5.41) is 13.2. The lowest BCUT2D eigenvalue weighted by molar-refractivity contribution is -0.129. The number of carbonyl (C=O) groups is 1. The molecule has 0 fully saturated rings. The molecule has 0 spiro atoms. The monoisotopic (exact) mass is 409 g/mol. The number of sulfone groups is 1. The molecule has 0 aliphatic rings. The number of hydrogen-bond donors (Lipinski definition) is 2. The van der Waals surface area contributed by atoms with Gasteiger partial charge in [-0.25, -0.2) is 8.42 Å². The van der Waals surface area contributed by atoms with Gasteiger partial charge in [0.2, 0.25) is 0 Å². The molecule has 2 N–H and O–H groups in total. The number of hydrogen-bond acceptors (Lipinski definition) is 4. The van der Waals surface area contributed by atoms with Crippen molar-refractivity contribution in [3.05, 3.63) is 102 Å². The zero-order valence-electron chi connectivity index (χ0n) is 16.0. The number of aliphatic hydroxyl groups is 1. The summed E-state index contributed by atoms with van der Waals surface area (Å²) in [7, 11) is -3.70. The summed E-state index contributed by atoms with van der Waals surface area (Å²) >= 11 is 0. The van der Waals surface area contributed by atoms with E-state index in [-0.39, 0.29) is 4.90 Å². The van der Waals surface area contributed by atoms with E-state index in [1.807, 2.05) is 67.6 Å². The van der Waals surface area contributed by atoms with Crippen LogP contribution in [0.25, 0.3) is 0 Å². The summed E-state index contributed by atoms with van der Waals surface area (Å²) in [6, 6.07) is 24.8. The van der Waals surface area contributed by atoms with Crippen molar-refractivity contribution in [3.63, 3.8) is 0 Å². The van der Waals surface area contributed by atoms with Crippen molar-refractivity contribution >= 4 is 15.7 Å². The van der Waals surface area contributed by atoms with Gasteiger partial charge in [0.05, 0.1) is 4.90 Å². The zero-order valence-corrected chi connectivity index (χ0v) is 16.8. The molecule has 1 unspecified atom stereocenters. The predicted octanol–water partition coefficient (Wildman–Crippen LogP) is 3.04. The molecule has 3 aromatic rings. The molecular weight excluding hydrogens is 386 g/mol. The van der Waals surface area contributed by atoms with Crippen molar-refractivity contribution in [1.82, 2.24) is 5.32 Å². The minimum Gasteiger partial charge on any atom is -0.382 e. The molecule has 0 heterocycles. The summed E-state index contributed by atoms with van der Waals surface area (Å²) in [6.07, 6.45) is -1.44. The van der Waals surface area contributed by atoms with Crippen LogP contribution in [-0.2, 0) is 14.6 Å². The van der Waals surface area contributed by atoms with E-state index < -0.39 is 33.6 Å². The van der Waals surface area contributed by atoms with Crippen LogP contribution in [0.3, 0.4) is 0 Å². The topological polar surface area (TPSA) is 83.5 Å². The molecule has 150 valence electrons. The van der Waals surface area contributed by atoms with Gasteiger partial charge in [-0.1, -0.05) is 78.4 Å². The summed E-state index contributed by atoms with van der Waals surface area (Å²) < 4.78 is 25.0. The molecule has 1 atom stereocenters. The standard InChI is InChI=1S/C23H23NO4S/c1-17-12-14-20(15-13-17)29(27,28)16-24-23(26)22(25)21(18-8-4-2-5-9-18)19-10-6-3-7-11-19/h2-15,21-22,25H,16H2,1H3,(H,24,26). The average Bonchev–Trinajstić information content (AvgIpc) is 2.74. The molecular formula is C23H23NO4S. The fraction of sp³-hybridized carbons (Fsp3) is 0.174. The second-order valence-corrected chi connectivity index (χ2v) is 8.85. The van der Waals surface area contributed by atoms with Crippen LogP contribution in [0.2, 0.25) is 0 Å². The zero-order chi connectivity index (χ0) is 20.9. The second kappa shape index (κ2) is 9.03. The fourth-order valence-corrected chi connectivity index (χ4v) is 4.18. The molecule has 0 radical (unpaired) electrons. The predicted molar refractivity (Wildman–Crippen MR) is 112 cm³/mol. The molecule has 29 heavy (non-hydrogen) atoms. The smallest absolute Gasteiger partial charge is 0.250 e. The number of carbonyl (C=O) groups excluding carboxylic acids is 1. The van der Waals surface area contributed by atoms with E-state index in [4.69, 9.17) is 0 Å². The van der Waals surface area contributed by atoms with Crippen molar-refractivity contribution < 1.29 is 18.3 Å². The average molecular weight is 410 g/mol. The quantitative estimate of drug-likeness (QED) is 0.628. The summed E-state index contributed by atoms with van der Waals surface area (Å²) in [5.41, 5.74) is 2.47. The lowest BCUT2D eigenvalue weighted by Crippen LogP contribution is -2.41. The molecule has 0 aliphatic carbocycles. The molecule has 0 aromatic heterocycles. The van der Waals surface area contributed by atoms with Gasteiger partial charge in [0.15, 0.2) is 9.84 Å². The van der Waals surface area contributed by atoms with E-state index in [0.29, 0.717) is 0 Å². The van der Waals surface area contributed by atoms with Gasteiger partial charge < -0.3 is 10.4 Å². The Morgan fingerprint density at radius 1 is 0.862 bits per heavy atom. The van der Waals surface area contributed by atoms with Gasteiger partial charge in [0, 0.05) is 5.92 Å². The maximum absolute atomic E-state index is 12.6. The Morgan fingerprint density at radius 3 is 1.83 bits per heavy atom. The maximum Gasteiger partial charge on any atom is 0.250 e. The third-order valence-electron chi connectivity index (χ3n) is 4.72. The van der Waals surface area contributed by atoms with Crippen LogP contribution in [-0.4, -0.2) is 31.4 Å². The van der Waals surface area contributed by atoms with Crippen LogP contribution in [0.5, 0.6) is 0 Å². The number of rotatable bonds is 7. The number of amides is 1. The van der Waals surface area contributed by atoms with E-state index in [2.05, 4.69) is 5.32 Å². The van der Waals surface area contributed by atoms with Gasteiger partial charge in [-0.3, -0.25) is 4.79 Å². The van der Waals surface area contributed by atoms with Gasteiger partial charge in [-0.05, 0) is 30.2 Å². The van der Waals surface area contributed by atoms with Gasteiger partial charge in [-0.15, -0.1) is 0 Å². The van der Waals surface area contributed by atoms with Gasteiger partial charge in [0.25, 0.3) is 5.91 Å². The SMILES string of the molecule is Cc1ccc(S(=O)(=O)CNC(=O)C(O)C(c2ccccc2)c2ccccc2)cc1. The van der Waals surface area contributed by atoms with Crippen LogP contribution in [0.4, 0.5) is 0 Å². The molecule has 3 aromatic carbocycles. The Morgan fingerprint density at radius 2 is 1.34 bits per heavy atom. The summed E-state index contributed by atoms with van der Waals surface area (Å²) in [5.74, 6) is -1.93. The van der Waals surface area contributed by atoms with Gasteiger partial charge >= 0.3 is 0 Å². The highest BCUT2D eigenvalue weighted by atomic mass is 32.2. The van der Waals surface area contributed by atoms with Gasteiger partial charge in [-0.2, -0.15) is 0 Å². The minimum atomic E-state index is -3.70. The minimum absolute atomic E-state index is 0.126.